The maximum atomic E-state index is 13.4. The third-order valence-corrected chi connectivity index (χ3v) is 8.50. The largest absolute Gasteiger partial charge is 0.454 e. The van der Waals surface area contributed by atoms with Crippen LogP contribution in [0, 0.1) is 13.8 Å². The molecule has 3 heterocycles. The van der Waals surface area contributed by atoms with Gasteiger partial charge in [0.1, 0.15) is 6.54 Å². The Kier molecular flexibility index (Phi) is 7.40. The van der Waals surface area contributed by atoms with E-state index in [1.807, 2.05) is 42.7 Å². The van der Waals surface area contributed by atoms with Crippen molar-refractivity contribution in [2.24, 2.45) is 0 Å². The van der Waals surface area contributed by atoms with Crippen LogP contribution < -0.4 is 20.2 Å². The van der Waals surface area contributed by atoms with Crippen LogP contribution in [-0.4, -0.2) is 38.4 Å². The number of nitrogens with zero attached hydrogens (tertiary/aromatic N) is 2. The van der Waals surface area contributed by atoms with Crippen LogP contribution in [0.2, 0.25) is 5.02 Å². The molecule has 0 spiro atoms. The number of hydrogen-bond donors (Lipinski definition) is 2. The van der Waals surface area contributed by atoms with Crippen LogP contribution in [0.4, 0.5) is 5.69 Å². The number of hydrazine groups is 1. The van der Waals surface area contributed by atoms with Gasteiger partial charge in [0.2, 0.25) is 12.7 Å². The number of benzene rings is 3. The average molecular weight is 619 g/mol. The lowest BCUT2D eigenvalue weighted by Gasteiger charge is -2.16. The van der Waals surface area contributed by atoms with Gasteiger partial charge in [0.15, 0.2) is 15.8 Å². The second-order valence-electron chi connectivity index (χ2n) is 9.66. The molecule has 0 saturated carbocycles. The van der Waals surface area contributed by atoms with Crippen molar-refractivity contribution in [3.8, 4) is 11.5 Å². The topological polar surface area (TPSA) is 102 Å². The van der Waals surface area contributed by atoms with Gasteiger partial charge in [0.05, 0.1) is 15.5 Å². The van der Waals surface area contributed by atoms with Crippen molar-refractivity contribution in [2.45, 2.75) is 20.4 Å². The van der Waals surface area contributed by atoms with E-state index >= 15 is 0 Å². The fourth-order valence-corrected chi connectivity index (χ4v) is 6.31. The lowest BCUT2D eigenvalue weighted by atomic mass is 10.1. The van der Waals surface area contributed by atoms with Gasteiger partial charge in [0, 0.05) is 33.9 Å². The van der Waals surface area contributed by atoms with Gasteiger partial charge >= 0.3 is 0 Å². The number of aromatic nitrogens is 1. The molecule has 2 N–H and O–H groups in total. The van der Waals surface area contributed by atoms with Gasteiger partial charge in [-0.25, -0.2) is 0 Å². The molecule has 12 heteroatoms. The molecular formula is C30H23ClN4O5S2. The highest BCUT2D eigenvalue weighted by atomic mass is 35.5. The second-order valence-corrected chi connectivity index (χ2v) is 11.7. The molecule has 3 amide bonds. The van der Waals surface area contributed by atoms with E-state index in [1.54, 1.807) is 42.5 Å². The van der Waals surface area contributed by atoms with Crippen LogP contribution >= 0.6 is 35.6 Å². The maximum Gasteiger partial charge on any atom is 0.285 e. The molecule has 4 aromatic rings. The number of anilines is 1. The molecular weight excluding hydrogens is 596 g/mol. The number of hydrogen-bond acceptors (Lipinski definition) is 7. The summed E-state index contributed by atoms with van der Waals surface area (Å²) in [5.41, 5.74) is 6.71. The van der Waals surface area contributed by atoms with E-state index in [0.29, 0.717) is 22.1 Å². The van der Waals surface area contributed by atoms with Crippen molar-refractivity contribution in [2.75, 3.05) is 12.1 Å². The number of halogens is 1. The Bertz CT molecular complexity index is 1850. The normalized spacial score (nSPS) is 15.1. The lowest BCUT2D eigenvalue weighted by molar-refractivity contribution is -0.123. The third kappa shape index (κ3) is 5.22. The standard InChI is InChI=1S/C30H23ClN4O5S2/c1-16-7-9-20(22(31)11-16)28(37)33-35-29(38)26(42-30(35)41)13-21-17(2)34(23-6-4-3-5-19(21)23)14-27(36)32-18-8-10-24-25(12-18)40-15-39-24/h3-13H,14-15H2,1-2H3,(H,32,36)(H,33,37)/b26-13-. The highest BCUT2D eigenvalue weighted by Gasteiger charge is 2.34. The van der Waals surface area contributed by atoms with E-state index in [9.17, 15) is 14.4 Å². The predicted octanol–water partition coefficient (Wildman–Crippen LogP) is 5.83. The number of fused-ring (bicyclic) bond motifs is 2. The summed E-state index contributed by atoms with van der Waals surface area (Å²) in [6.07, 6.45) is 1.74. The monoisotopic (exact) mass is 618 g/mol. The summed E-state index contributed by atoms with van der Waals surface area (Å²) in [5, 5.41) is 5.11. The number of ether oxygens (including phenoxy) is 2. The van der Waals surface area contributed by atoms with Gasteiger partial charge in [0.25, 0.3) is 11.8 Å². The summed E-state index contributed by atoms with van der Waals surface area (Å²) in [6, 6.07) is 17.9. The lowest BCUT2D eigenvalue weighted by Crippen LogP contribution is -2.44. The van der Waals surface area contributed by atoms with Crippen LogP contribution in [-0.2, 0) is 16.1 Å². The van der Waals surface area contributed by atoms with E-state index in [0.717, 1.165) is 44.5 Å². The van der Waals surface area contributed by atoms with Gasteiger partial charge in [-0.05, 0) is 68.0 Å². The minimum absolute atomic E-state index is 0.0446. The summed E-state index contributed by atoms with van der Waals surface area (Å²) in [7, 11) is 0. The molecule has 2 aliphatic heterocycles. The number of nitrogens with one attached hydrogen (secondary N) is 2. The highest BCUT2D eigenvalue weighted by Crippen LogP contribution is 2.36. The quantitative estimate of drug-likeness (QED) is 0.207. The first kappa shape index (κ1) is 27.8. The average Bonchev–Trinajstić information content (AvgIpc) is 3.60. The molecule has 0 radical (unpaired) electrons. The van der Waals surface area contributed by atoms with Gasteiger partial charge in [-0.2, -0.15) is 5.01 Å². The predicted molar refractivity (Wildman–Crippen MR) is 167 cm³/mol. The summed E-state index contributed by atoms with van der Waals surface area (Å²) in [4.78, 5) is 39.7. The first-order valence-electron chi connectivity index (χ1n) is 12.8. The van der Waals surface area contributed by atoms with Crippen LogP contribution in [0.3, 0.4) is 0 Å². The van der Waals surface area contributed by atoms with E-state index in [1.165, 1.54) is 0 Å². The number of rotatable bonds is 6. The Morgan fingerprint density at radius 3 is 2.67 bits per heavy atom. The number of carbonyl (C=O) groups is 3. The summed E-state index contributed by atoms with van der Waals surface area (Å²) in [5.74, 6) is -0.0211. The van der Waals surface area contributed by atoms with E-state index in [2.05, 4.69) is 10.7 Å². The van der Waals surface area contributed by atoms with Crippen molar-refractivity contribution >= 4 is 80.3 Å². The maximum absolute atomic E-state index is 13.4. The van der Waals surface area contributed by atoms with Crippen molar-refractivity contribution in [3.63, 3.8) is 0 Å². The van der Waals surface area contributed by atoms with Gasteiger partial charge < -0.3 is 19.4 Å². The van der Waals surface area contributed by atoms with Gasteiger partial charge in [-0.1, -0.05) is 47.6 Å². The Morgan fingerprint density at radius 1 is 1.07 bits per heavy atom. The van der Waals surface area contributed by atoms with Crippen molar-refractivity contribution in [1.29, 1.82) is 0 Å². The number of carbonyl (C=O) groups excluding carboxylic acids is 3. The van der Waals surface area contributed by atoms with Crippen LogP contribution in [0.15, 0.2) is 65.6 Å². The van der Waals surface area contributed by atoms with Crippen molar-refractivity contribution in [1.82, 2.24) is 15.0 Å². The highest BCUT2D eigenvalue weighted by molar-refractivity contribution is 8.26. The summed E-state index contributed by atoms with van der Waals surface area (Å²) < 4.78 is 12.8. The molecule has 6 rings (SSSR count). The number of para-hydroxylation sites is 1. The smallest absolute Gasteiger partial charge is 0.285 e. The molecule has 0 aliphatic carbocycles. The number of thiocarbonyl (C=S) groups is 1. The van der Waals surface area contributed by atoms with Gasteiger partial charge in [-0.15, -0.1) is 0 Å². The first-order chi connectivity index (χ1) is 20.2. The first-order valence-corrected chi connectivity index (χ1v) is 14.4. The Morgan fingerprint density at radius 2 is 1.86 bits per heavy atom. The fourth-order valence-electron chi connectivity index (χ4n) is 4.82. The summed E-state index contributed by atoms with van der Waals surface area (Å²) >= 11 is 12.7. The van der Waals surface area contributed by atoms with Gasteiger partial charge in [-0.3, -0.25) is 19.8 Å². The number of thioether (sulfide) groups is 1. The van der Waals surface area contributed by atoms with Crippen molar-refractivity contribution < 1.29 is 23.9 Å². The molecule has 3 aromatic carbocycles. The molecule has 9 nitrogen and oxygen atoms in total. The molecule has 0 bridgehead atoms. The molecule has 1 saturated heterocycles. The minimum Gasteiger partial charge on any atom is -0.454 e. The molecule has 1 aromatic heterocycles. The SMILES string of the molecule is Cc1ccc(C(=O)NN2C(=O)/C(=C/c3c(C)n(CC(=O)Nc4ccc5c(c4)OCO5)c4ccccc34)SC2=S)c(Cl)c1. The fraction of sp³-hybridized carbons (Fsp3) is 0.133. The summed E-state index contributed by atoms with van der Waals surface area (Å²) in [6.45, 7) is 3.95. The molecule has 0 atom stereocenters. The number of aryl methyl sites for hydroxylation is 1. The molecule has 1 fully saturated rings. The molecule has 2 aliphatic rings. The zero-order chi connectivity index (χ0) is 29.5. The third-order valence-electron chi connectivity index (χ3n) is 6.89. The van der Waals surface area contributed by atoms with Crippen molar-refractivity contribution in [3.05, 3.63) is 93.0 Å². The Balaban J connectivity index is 1.24. The zero-order valence-electron chi connectivity index (χ0n) is 22.4. The second kappa shape index (κ2) is 11.2. The Labute approximate surface area is 255 Å². The molecule has 0 unspecified atom stereocenters. The molecule has 212 valence electrons. The minimum atomic E-state index is -0.543. The van der Waals surface area contributed by atoms with E-state index in [4.69, 9.17) is 33.3 Å². The van der Waals surface area contributed by atoms with Crippen LogP contribution in [0.5, 0.6) is 11.5 Å². The van der Waals surface area contributed by atoms with E-state index in [-0.39, 0.29) is 34.2 Å². The molecule has 42 heavy (non-hydrogen) atoms. The Hall–Kier alpha value is -4.32. The van der Waals surface area contributed by atoms with Crippen LogP contribution in [0.1, 0.15) is 27.2 Å². The zero-order valence-corrected chi connectivity index (χ0v) is 24.8. The van der Waals surface area contributed by atoms with E-state index < -0.39 is 11.8 Å². The number of amides is 3. The van der Waals surface area contributed by atoms with Crippen LogP contribution in [0.25, 0.3) is 17.0 Å².